The van der Waals surface area contributed by atoms with E-state index in [1.807, 2.05) is 36.4 Å². The first-order valence-electron chi connectivity index (χ1n) is 10.4. The molecule has 4 rings (SSSR count). The van der Waals surface area contributed by atoms with Crippen LogP contribution < -0.4 is 9.47 Å². The van der Waals surface area contributed by atoms with Crippen molar-refractivity contribution in [2.24, 2.45) is 0 Å². The standard InChI is InChI=1S/C23H29ClNO5/c24-19-7-5-18(6-8-19)13-25(9-11-27-12-10-25)14-20(26)15-28-16-21-17-29-22-3-1-2-4-23(22)30-21/h1-8,20-21,26H,9-17H2/q+1/t20-,21+/m0/s1. The molecule has 2 aromatic carbocycles. The third-order valence-electron chi connectivity index (χ3n) is 5.63. The summed E-state index contributed by atoms with van der Waals surface area (Å²) in [6.45, 7) is 5.70. The lowest BCUT2D eigenvalue weighted by atomic mass is 10.1. The van der Waals surface area contributed by atoms with Gasteiger partial charge in [0.1, 0.15) is 38.9 Å². The summed E-state index contributed by atoms with van der Waals surface area (Å²) >= 11 is 6.02. The minimum Gasteiger partial charge on any atom is -0.486 e. The molecule has 2 aliphatic rings. The fraction of sp³-hybridized carbons (Fsp3) is 0.478. The molecule has 2 atom stereocenters. The molecule has 0 aliphatic carbocycles. The summed E-state index contributed by atoms with van der Waals surface area (Å²) in [5, 5.41) is 11.4. The van der Waals surface area contributed by atoms with Crippen LogP contribution >= 0.6 is 11.6 Å². The van der Waals surface area contributed by atoms with Gasteiger partial charge in [-0.1, -0.05) is 35.9 Å². The highest BCUT2D eigenvalue weighted by molar-refractivity contribution is 6.30. The minimum atomic E-state index is -0.563. The van der Waals surface area contributed by atoms with Crippen molar-refractivity contribution in [3.63, 3.8) is 0 Å². The van der Waals surface area contributed by atoms with Crippen LogP contribution in [0.25, 0.3) is 0 Å². The second-order valence-corrected chi connectivity index (χ2v) is 8.49. The Balaban J connectivity index is 1.28. The van der Waals surface area contributed by atoms with Crippen LogP contribution in [-0.4, -0.2) is 74.5 Å². The number of hydrogen-bond acceptors (Lipinski definition) is 5. The van der Waals surface area contributed by atoms with Gasteiger partial charge in [-0.3, -0.25) is 0 Å². The lowest BCUT2D eigenvalue weighted by Gasteiger charge is -2.42. The Bertz CT molecular complexity index is 809. The molecule has 2 heterocycles. The van der Waals surface area contributed by atoms with E-state index < -0.39 is 6.10 Å². The van der Waals surface area contributed by atoms with Gasteiger partial charge in [0.25, 0.3) is 0 Å². The number of ether oxygens (including phenoxy) is 4. The highest BCUT2D eigenvalue weighted by atomic mass is 35.5. The molecule has 7 heteroatoms. The molecular weight excluding hydrogens is 406 g/mol. The van der Waals surface area contributed by atoms with E-state index in [1.165, 1.54) is 5.56 Å². The molecule has 0 radical (unpaired) electrons. The number of rotatable bonds is 8. The average molecular weight is 435 g/mol. The number of aliphatic hydroxyl groups is 1. The molecule has 0 bridgehead atoms. The number of para-hydroxylation sites is 2. The average Bonchev–Trinajstić information content (AvgIpc) is 2.76. The van der Waals surface area contributed by atoms with Crippen molar-refractivity contribution in [2.45, 2.75) is 18.8 Å². The number of nitrogens with zero attached hydrogens (tertiary/aromatic N) is 1. The first-order valence-corrected chi connectivity index (χ1v) is 10.8. The maximum atomic E-state index is 10.7. The molecule has 1 saturated heterocycles. The first kappa shape index (κ1) is 21.4. The number of quaternary nitrogens is 1. The van der Waals surface area contributed by atoms with Gasteiger partial charge in [-0.05, 0) is 24.3 Å². The fourth-order valence-corrected chi connectivity index (χ4v) is 4.22. The van der Waals surface area contributed by atoms with E-state index in [2.05, 4.69) is 12.1 Å². The summed E-state index contributed by atoms with van der Waals surface area (Å²) in [4.78, 5) is 0. The van der Waals surface area contributed by atoms with Crippen LogP contribution in [0.1, 0.15) is 5.56 Å². The minimum absolute atomic E-state index is 0.173. The van der Waals surface area contributed by atoms with Crippen molar-refractivity contribution < 1.29 is 28.5 Å². The second kappa shape index (κ2) is 9.98. The second-order valence-electron chi connectivity index (χ2n) is 8.06. The van der Waals surface area contributed by atoms with Crippen molar-refractivity contribution in [1.29, 1.82) is 0 Å². The van der Waals surface area contributed by atoms with Gasteiger partial charge in [0.05, 0.1) is 26.4 Å². The van der Waals surface area contributed by atoms with Crippen molar-refractivity contribution in [2.75, 3.05) is 52.7 Å². The normalized spacial score (nSPS) is 21.2. The molecular formula is C23H29ClNO5+. The van der Waals surface area contributed by atoms with Crippen LogP contribution in [-0.2, 0) is 16.0 Å². The van der Waals surface area contributed by atoms with Gasteiger partial charge in [-0.2, -0.15) is 0 Å². The molecule has 1 fully saturated rings. The summed E-state index contributed by atoms with van der Waals surface area (Å²) in [6, 6.07) is 15.6. The molecule has 2 aromatic rings. The summed E-state index contributed by atoms with van der Waals surface area (Å²) in [5.41, 5.74) is 1.21. The highest BCUT2D eigenvalue weighted by Gasteiger charge is 2.33. The summed E-state index contributed by atoms with van der Waals surface area (Å²) in [6.07, 6.45) is -0.736. The number of hydrogen-bond donors (Lipinski definition) is 1. The van der Waals surface area contributed by atoms with E-state index in [-0.39, 0.29) is 12.7 Å². The Morgan fingerprint density at radius 3 is 2.57 bits per heavy atom. The SMILES string of the molecule is O[C@H](COC[C@@H]1COc2ccccc2O1)C[N+]1(Cc2ccc(Cl)cc2)CCOCC1. The van der Waals surface area contributed by atoms with Crippen molar-refractivity contribution in [3.05, 3.63) is 59.1 Å². The molecule has 162 valence electrons. The van der Waals surface area contributed by atoms with Crippen LogP contribution in [0, 0.1) is 0 Å². The predicted octanol–water partition coefficient (Wildman–Crippen LogP) is 2.90. The highest BCUT2D eigenvalue weighted by Crippen LogP contribution is 2.30. The van der Waals surface area contributed by atoms with Crippen molar-refractivity contribution in [1.82, 2.24) is 0 Å². The third kappa shape index (κ3) is 5.65. The van der Waals surface area contributed by atoms with E-state index in [4.69, 9.17) is 30.5 Å². The van der Waals surface area contributed by atoms with E-state index in [1.54, 1.807) is 0 Å². The van der Waals surface area contributed by atoms with Crippen LogP contribution in [0.4, 0.5) is 0 Å². The van der Waals surface area contributed by atoms with E-state index >= 15 is 0 Å². The number of benzene rings is 2. The van der Waals surface area contributed by atoms with E-state index in [0.29, 0.717) is 33.0 Å². The molecule has 1 N–H and O–H groups in total. The quantitative estimate of drug-likeness (QED) is 0.647. The Labute approximate surface area is 182 Å². The van der Waals surface area contributed by atoms with Gasteiger partial charge in [0, 0.05) is 10.6 Å². The maximum Gasteiger partial charge on any atom is 0.161 e. The van der Waals surface area contributed by atoms with Crippen LogP contribution in [0.15, 0.2) is 48.5 Å². The van der Waals surface area contributed by atoms with Gasteiger partial charge in [-0.25, -0.2) is 0 Å². The van der Waals surface area contributed by atoms with Gasteiger partial charge in [-0.15, -0.1) is 0 Å². The number of fused-ring (bicyclic) bond motifs is 1. The summed E-state index contributed by atoms with van der Waals surface area (Å²) in [7, 11) is 0. The number of aliphatic hydroxyl groups excluding tert-OH is 1. The molecule has 0 amide bonds. The molecule has 0 saturated carbocycles. The largest absolute Gasteiger partial charge is 0.486 e. The Kier molecular flexibility index (Phi) is 7.12. The molecule has 0 unspecified atom stereocenters. The fourth-order valence-electron chi connectivity index (χ4n) is 4.09. The Morgan fingerprint density at radius 2 is 1.80 bits per heavy atom. The van der Waals surface area contributed by atoms with E-state index in [9.17, 15) is 5.11 Å². The molecule has 0 aromatic heterocycles. The van der Waals surface area contributed by atoms with Gasteiger partial charge < -0.3 is 28.5 Å². The molecule has 30 heavy (non-hydrogen) atoms. The van der Waals surface area contributed by atoms with Crippen molar-refractivity contribution in [3.8, 4) is 11.5 Å². The number of halogens is 1. The van der Waals surface area contributed by atoms with Gasteiger partial charge in [0.2, 0.25) is 0 Å². The van der Waals surface area contributed by atoms with Crippen LogP contribution in [0.5, 0.6) is 11.5 Å². The van der Waals surface area contributed by atoms with Crippen molar-refractivity contribution >= 4 is 11.6 Å². The maximum absolute atomic E-state index is 10.7. The Hall–Kier alpha value is -1.83. The Morgan fingerprint density at radius 1 is 1.07 bits per heavy atom. The first-order chi connectivity index (χ1) is 14.6. The zero-order valence-electron chi connectivity index (χ0n) is 17.0. The molecule has 2 aliphatic heterocycles. The topological polar surface area (TPSA) is 57.2 Å². The zero-order valence-corrected chi connectivity index (χ0v) is 17.8. The smallest absolute Gasteiger partial charge is 0.161 e. The summed E-state index contributed by atoms with van der Waals surface area (Å²) in [5.74, 6) is 1.49. The van der Waals surface area contributed by atoms with Gasteiger partial charge >= 0.3 is 0 Å². The zero-order chi connectivity index (χ0) is 20.8. The summed E-state index contributed by atoms with van der Waals surface area (Å²) < 4.78 is 23.8. The van der Waals surface area contributed by atoms with Crippen LogP contribution in [0.3, 0.4) is 0 Å². The monoisotopic (exact) mass is 434 g/mol. The lowest BCUT2D eigenvalue weighted by Crippen LogP contribution is -2.58. The molecule has 6 nitrogen and oxygen atoms in total. The predicted molar refractivity (Wildman–Crippen MR) is 114 cm³/mol. The van der Waals surface area contributed by atoms with Crippen LogP contribution in [0.2, 0.25) is 5.02 Å². The number of morpholine rings is 1. The van der Waals surface area contributed by atoms with Gasteiger partial charge in [0.15, 0.2) is 17.6 Å². The third-order valence-corrected chi connectivity index (χ3v) is 5.88. The van der Waals surface area contributed by atoms with E-state index in [0.717, 1.165) is 40.6 Å². The lowest BCUT2D eigenvalue weighted by molar-refractivity contribution is -0.950. The molecule has 0 spiro atoms.